The molecule has 17 heavy (non-hydrogen) atoms. The Balaban J connectivity index is 2.49. The summed E-state index contributed by atoms with van der Waals surface area (Å²) in [6.07, 6.45) is 2.92. The average Bonchev–Trinajstić information content (AvgIpc) is 2.55. The minimum Gasteiger partial charge on any atom is -0.331 e. The quantitative estimate of drug-likeness (QED) is 0.782. The molecule has 6 heteroatoms. The molecule has 0 amide bonds. The van der Waals surface area contributed by atoms with E-state index in [0.717, 1.165) is 37.3 Å². The van der Waals surface area contributed by atoms with Crippen LogP contribution in [-0.2, 0) is 28.9 Å². The van der Waals surface area contributed by atoms with Crippen molar-refractivity contribution in [1.29, 1.82) is 0 Å². The minimum atomic E-state index is -4.50. The lowest BCUT2D eigenvalue weighted by atomic mass is 10.1. The highest BCUT2D eigenvalue weighted by Gasteiger charge is 2.24. The number of hydrogen-bond donors (Lipinski definition) is 0. The van der Waals surface area contributed by atoms with Crippen molar-refractivity contribution in [2.45, 2.75) is 51.3 Å². The molecule has 1 aromatic rings. The number of rotatable bonds is 3. The van der Waals surface area contributed by atoms with Gasteiger partial charge >= 0.3 is 10.2 Å². The zero-order chi connectivity index (χ0) is 12.6. The van der Waals surface area contributed by atoms with Crippen LogP contribution in [0.3, 0.4) is 0 Å². The van der Waals surface area contributed by atoms with Crippen LogP contribution < -0.4 is 0 Å². The van der Waals surface area contributed by atoms with Gasteiger partial charge in [-0.2, -0.15) is 8.42 Å². The highest BCUT2D eigenvalue weighted by Crippen LogP contribution is 2.26. The summed E-state index contributed by atoms with van der Waals surface area (Å²) < 4.78 is 36.5. The number of fused-ring (bicyclic) bond motifs is 1. The van der Waals surface area contributed by atoms with Crippen molar-refractivity contribution in [2.24, 2.45) is 0 Å². The monoisotopic (exact) mass is 260 g/mol. The van der Waals surface area contributed by atoms with E-state index in [-0.39, 0.29) is 5.92 Å². The summed E-state index contributed by atoms with van der Waals surface area (Å²) in [5.74, 6) is 0.469. The minimum absolute atomic E-state index is 0.116. The number of halogens is 1. The number of hydrogen-bond acceptors (Lipinski definition) is 3. The predicted octanol–water partition coefficient (Wildman–Crippen LogP) is 2.14. The Morgan fingerprint density at radius 3 is 2.71 bits per heavy atom. The molecular weight excluding hydrogens is 243 g/mol. The molecule has 96 valence electrons. The van der Waals surface area contributed by atoms with Crippen LogP contribution in [0.4, 0.5) is 3.89 Å². The zero-order valence-corrected chi connectivity index (χ0v) is 10.9. The largest absolute Gasteiger partial charge is 0.331 e. The van der Waals surface area contributed by atoms with Gasteiger partial charge in [-0.15, -0.1) is 3.89 Å². The van der Waals surface area contributed by atoms with Gasteiger partial charge in [-0.05, 0) is 18.8 Å². The molecule has 0 unspecified atom stereocenters. The van der Waals surface area contributed by atoms with Crippen LogP contribution in [0.15, 0.2) is 0 Å². The molecule has 0 saturated heterocycles. The molecule has 0 fully saturated rings. The van der Waals surface area contributed by atoms with E-state index in [2.05, 4.69) is 4.98 Å². The van der Waals surface area contributed by atoms with Gasteiger partial charge in [0.05, 0.1) is 11.4 Å². The number of imidazole rings is 1. The molecule has 0 saturated carbocycles. The van der Waals surface area contributed by atoms with Gasteiger partial charge in [-0.1, -0.05) is 13.8 Å². The van der Waals surface area contributed by atoms with Gasteiger partial charge < -0.3 is 4.57 Å². The first-order valence-corrected chi connectivity index (χ1v) is 7.44. The van der Waals surface area contributed by atoms with E-state index in [1.807, 2.05) is 18.4 Å². The molecule has 1 aromatic heterocycles. The van der Waals surface area contributed by atoms with Gasteiger partial charge in [0, 0.05) is 13.0 Å². The third-order valence-electron chi connectivity index (χ3n) is 3.07. The SMILES string of the molecule is CC(C)c1nc2n(c1CS(=O)(=O)F)CCCC2. The van der Waals surface area contributed by atoms with E-state index in [1.54, 1.807) is 0 Å². The fraction of sp³-hybridized carbons (Fsp3) is 0.727. The van der Waals surface area contributed by atoms with Crippen LogP contribution in [0.25, 0.3) is 0 Å². The highest BCUT2D eigenvalue weighted by atomic mass is 32.3. The molecule has 1 aliphatic rings. The Morgan fingerprint density at radius 1 is 1.41 bits per heavy atom. The topological polar surface area (TPSA) is 52.0 Å². The third kappa shape index (κ3) is 2.68. The molecular formula is C11H17FN2O2S. The van der Waals surface area contributed by atoms with Crippen molar-refractivity contribution in [3.05, 3.63) is 17.2 Å². The van der Waals surface area contributed by atoms with Crippen molar-refractivity contribution in [3.63, 3.8) is 0 Å². The summed E-state index contributed by atoms with van der Waals surface area (Å²) in [5.41, 5.74) is 1.26. The van der Waals surface area contributed by atoms with Crippen LogP contribution in [0.1, 0.15) is 49.8 Å². The summed E-state index contributed by atoms with van der Waals surface area (Å²) in [6.45, 7) is 4.64. The van der Waals surface area contributed by atoms with E-state index in [9.17, 15) is 12.3 Å². The molecule has 0 aliphatic carbocycles. The van der Waals surface area contributed by atoms with Gasteiger partial charge in [0.1, 0.15) is 11.6 Å². The first-order chi connectivity index (χ1) is 7.88. The Labute approximate surface area is 101 Å². The summed E-state index contributed by atoms with van der Waals surface area (Å²) >= 11 is 0. The van der Waals surface area contributed by atoms with E-state index in [1.165, 1.54) is 0 Å². The summed E-state index contributed by atoms with van der Waals surface area (Å²) in [7, 11) is -4.50. The lowest BCUT2D eigenvalue weighted by Crippen LogP contribution is -2.15. The average molecular weight is 260 g/mol. The van der Waals surface area contributed by atoms with Gasteiger partial charge in [0.2, 0.25) is 0 Å². The Morgan fingerprint density at radius 2 is 2.12 bits per heavy atom. The Bertz CT molecular complexity index is 520. The van der Waals surface area contributed by atoms with E-state index in [4.69, 9.17) is 0 Å². The molecule has 2 rings (SSSR count). The summed E-state index contributed by atoms with van der Waals surface area (Å²) in [6, 6.07) is 0. The van der Waals surface area contributed by atoms with Crippen LogP contribution in [0, 0.1) is 0 Å². The first kappa shape index (κ1) is 12.5. The maximum absolute atomic E-state index is 12.9. The van der Waals surface area contributed by atoms with E-state index in [0.29, 0.717) is 5.69 Å². The molecule has 0 aromatic carbocycles. The lowest BCUT2D eigenvalue weighted by Gasteiger charge is -2.16. The second-order valence-corrected chi connectivity index (χ2v) is 6.17. The smallest absolute Gasteiger partial charge is 0.308 e. The fourth-order valence-electron chi connectivity index (χ4n) is 2.34. The molecule has 2 heterocycles. The van der Waals surface area contributed by atoms with E-state index >= 15 is 0 Å². The van der Waals surface area contributed by atoms with Crippen LogP contribution in [0.2, 0.25) is 0 Å². The maximum atomic E-state index is 12.9. The van der Waals surface area contributed by atoms with Gasteiger partial charge in [0.25, 0.3) is 0 Å². The van der Waals surface area contributed by atoms with Crippen LogP contribution >= 0.6 is 0 Å². The standard InChI is InChI=1S/C11H17FN2O2S/c1-8(2)11-9(7-17(12,15)16)14-6-4-3-5-10(14)13-11/h8H,3-7H2,1-2H3. The predicted molar refractivity (Wildman–Crippen MR) is 63.0 cm³/mol. The number of aromatic nitrogens is 2. The molecule has 0 spiro atoms. The molecule has 0 atom stereocenters. The summed E-state index contributed by atoms with van der Waals surface area (Å²) in [5, 5.41) is 0. The second kappa shape index (κ2) is 4.40. The van der Waals surface area contributed by atoms with Crippen molar-refractivity contribution in [2.75, 3.05) is 0 Å². The van der Waals surface area contributed by atoms with E-state index < -0.39 is 16.0 Å². The zero-order valence-electron chi connectivity index (χ0n) is 10.1. The molecule has 1 aliphatic heterocycles. The summed E-state index contributed by atoms with van der Waals surface area (Å²) in [4.78, 5) is 4.47. The highest BCUT2D eigenvalue weighted by molar-refractivity contribution is 7.85. The van der Waals surface area contributed by atoms with Crippen molar-refractivity contribution in [1.82, 2.24) is 9.55 Å². The van der Waals surface area contributed by atoms with Crippen LogP contribution in [-0.4, -0.2) is 18.0 Å². The lowest BCUT2D eigenvalue weighted by molar-refractivity contribution is 0.507. The van der Waals surface area contributed by atoms with Gasteiger partial charge in [0.15, 0.2) is 0 Å². The second-order valence-electron chi connectivity index (χ2n) is 4.81. The number of aryl methyl sites for hydroxylation is 1. The van der Waals surface area contributed by atoms with Gasteiger partial charge in [-0.25, -0.2) is 4.98 Å². The fourth-order valence-corrected chi connectivity index (χ4v) is 2.97. The molecule has 0 bridgehead atoms. The van der Waals surface area contributed by atoms with Gasteiger partial charge in [-0.3, -0.25) is 0 Å². The molecule has 0 N–H and O–H groups in total. The third-order valence-corrected chi connectivity index (χ3v) is 3.69. The van der Waals surface area contributed by atoms with Crippen molar-refractivity contribution in [3.8, 4) is 0 Å². The normalized spacial score (nSPS) is 16.2. The van der Waals surface area contributed by atoms with Crippen molar-refractivity contribution < 1.29 is 12.3 Å². The first-order valence-electron chi connectivity index (χ1n) is 5.89. The van der Waals surface area contributed by atoms with Crippen LogP contribution in [0.5, 0.6) is 0 Å². The number of nitrogens with zero attached hydrogens (tertiary/aromatic N) is 2. The Hall–Kier alpha value is -0.910. The molecule has 4 nitrogen and oxygen atoms in total. The Kier molecular flexibility index (Phi) is 3.25. The molecule has 0 radical (unpaired) electrons. The van der Waals surface area contributed by atoms with Crippen molar-refractivity contribution >= 4 is 10.2 Å². The maximum Gasteiger partial charge on any atom is 0.308 e.